The van der Waals surface area contributed by atoms with Gasteiger partial charge in [0, 0.05) is 28.0 Å². The van der Waals surface area contributed by atoms with E-state index in [1.54, 1.807) is 48.8 Å². The average Bonchev–Trinajstić information content (AvgIpc) is 3.53. The molecular weight excluding hydrogens is 512 g/mol. The van der Waals surface area contributed by atoms with Crippen molar-refractivity contribution in [2.24, 2.45) is 0 Å². The largest absolute Gasteiger partial charge is 0.483 e. The van der Waals surface area contributed by atoms with Crippen LogP contribution in [0.5, 0.6) is 5.75 Å². The first-order chi connectivity index (χ1) is 16.1. The van der Waals surface area contributed by atoms with Gasteiger partial charge in [-0.25, -0.2) is 5.10 Å². The molecule has 0 aliphatic rings. The topological polar surface area (TPSA) is 140 Å². The molecule has 11 nitrogen and oxygen atoms in total. The zero-order valence-corrected chi connectivity index (χ0v) is 19.0. The number of benzene rings is 1. The number of anilines is 1. The Hall–Kier alpha value is -3.97. The Morgan fingerprint density at radius 2 is 2.12 bits per heavy atom. The smallest absolute Gasteiger partial charge is 0.291 e. The fraction of sp³-hybridized carbons (Fsp3) is 0.0500. The third kappa shape index (κ3) is 4.49. The molecule has 5 rings (SSSR count). The quantitative estimate of drug-likeness (QED) is 0.341. The van der Waals surface area contributed by atoms with Gasteiger partial charge in [0.25, 0.3) is 11.5 Å². The number of amides is 1. The first-order valence-electron chi connectivity index (χ1n) is 9.46. The van der Waals surface area contributed by atoms with Crippen molar-refractivity contribution in [2.75, 3.05) is 11.9 Å². The van der Waals surface area contributed by atoms with Crippen molar-refractivity contribution in [3.8, 4) is 17.1 Å². The van der Waals surface area contributed by atoms with E-state index in [0.29, 0.717) is 26.6 Å². The molecule has 33 heavy (non-hydrogen) atoms. The molecule has 164 valence electrons. The summed E-state index contributed by atoms with van der Waals surface area (Å²) in [6.07, 6.45) is 6.25. The molecule has 1 amide bonds. The van der Waals surface area contributed by atoms with Crippen LogP contribution in [-0.4, -0.2) is 47.3 Å². The Labute approximate surface area is 197 Å². The summed E-state index contributed by atoms with van der Waals surface area (Å²) in [5.41, 5.74) is 1.10. The number of aromatic amines is 1. The van der Waals surface area contributed by atoms with Crippen molar-refractivity contribution in [1.82, 2.24) is 34.8 Å². The zero-order valence-electron chi connectivity index (χ0n) is 16.6. The van der Waals surface area contributed by atoms with Crippen LogP contribution in [0.2, 0.25) is 0 Å². The molecule has 0 saturated carbocycles. The number of thiazole rings is 1. The summed E-state index contributed by atoms with van der Waals surface area (Å²) in [4.78, 5) is 37.7. The number of rotatable bonds is 6. The third-order valence-corrected chi connectivity index (χ3v) is 5.86. The Balaban J connectivity index is 1.43. The Bertz CT molecular complexity index is 1550. The summed E-state index contributed by atoms with van der Waals surface area (Å²) in [6, 6.07) is 8.84. The van der Waals surface area contributed by atoms with Gasteiger partial charge in [-0.2, -0.15) is 19.6 Å². The molecule has 0 atom stereocenters. The minimum Gasteiger partial charge on any atom is -0.483 e. The van der Waals surface area contributed by atoms with E-state index in [0.717, 1.165) is 10.0 Å². The minimum absolute atomic E-state index is 0.225. The summed E-state index contributed by atoms with van der Waals surface area (Å²) in [6.45, 7) is -0.252. The van der Waals surface area contributed by atoms with E-state index < -0.39 is 5.91 Å². The molecule has 13 heteroatoms. The van der Waals surface area contributed by atoms with Gasteiger partial charge in [-0.05, 0) is 36.4 Å². The number of nitrogens with one attached hydrogen (secondary N) is 2. The van der Waals surface area contributed by atoms with Crippen LogP contribution in [-0.2, 0) is 4.79 Å². The van der Waals surface area contributed by atoms with Crippen LogP contribution in [0.15, 0.2) is 58.3 Å². The van der Waals surface area contributed by atoms with Crippen molar-refractivity contribution >= 4 is 50.2 Å². The molecule has 0 bridgehead atoms. The van der Waals surface area contributed by atoms with Crippen LogP contribution in [0, 0.1) is 0 Å². The Morgan fingerprint density at radius 3 is 2.88 bits per heavy atom. The zero-order chi connectivity index (χ0) is 22.8. The SMILES string of the molecule is O=C(COc1ccc(Br)cc1/C=c1\sc2nc(-c3ccncc3)nn2c1=O)Nc1ncn[nH]1. The van der Waals surface area contributed by atoms with E-state index in [1.807, 2.05) is 0 Å². The first kappa shape index (κ1) is 20.9. The van der Waals surface area contributed by atoms with E-state index in [2.05, 4.69) is 51.5 Å². The van der Waals surface area contributed by atoms with E-state index in [4.69, 9.17) is 4.74 Å². The summed E-state index contributed by atoms with van der Waals surface area (Å²) < 4.78 is 8.17. The number of hydrogen-bond donors (Lipinski definition) is 2. The molecule has 5 aromatic rings. The van der Waals surface area contributed by atoms with Gasteiger partial charge < -0.3 is 4.74 Å². The van der Waals surface area contributed by atoms with Gasteiger partial charge in [0.2, 0.25) is 10.9 Å². The van der Waals surface area contributed by atoms with E-state index in [9.17, 15) is 9.59 Å². The molecule has 0 spiro atoms. The number of carbonyl (C=O) groups excluding carboxylic acids is 1. The van der Waals surface area contributed by atoms with Crippen LogP contribution >= 0.6 is 27.3 Å². The number of H-pyrrole nitrogens is 1. The highest BCUT2D eigenvalue weighted by Gasteiger charge is 2.13. The van der Waals surface area contributed by atoms with Crippen molar-refractivity contribution in [3.63, 3.8) is 0 Å². The van der Waals surface area contributed by atoms with E-state index in [-0.39, 0.29) is 18.1 Å². The monoisotopic (exact) mass is 524 g/mol. The average molecular weight is 525 g/mol. The normalized spacial score (nSPS) is 11.7. The van der Waals surface area contributed by atoms with Gasteiger partial charge in [0.1, 0.15) is 12.1 Å². The van der Waals surface area contributed by atoms with Gasteiger partial charge >= 0.3 is 0 Å². The van der Waals surface area contributed by atoms with Crippen molar-refractivity contribution < 1.29 is 9.53 Å². The molecule has 0 aliphatic heterocycles. The van der Waals surface area contributed by atoms with Gasteiger partial charge in [0.05, 0.1) is 4.53 Å². The molecule has 4 aromatic heterocycles. The van der Waals surface area contributed by atoms with Gasteiger partial charge in [-0.3, -0.25) is 19.9 Å². The van der Waals surface area contributed by atoms with Crippen molar-refractivity contribution in [3.05, 3.63) is 74.0 Å². The number of carbonyl (C=O) groups is 1. The number of aromatic nitrogens is 7. The van der Waals surface area contributed by atoms with Crippen LogP contribution in [0.25, 0.3) is 22.4 Å². The lowest BCUT2D eigenvalue weighted by Crippen LogP contribution is -2.24. The summed E-state index contributed by atoms with van der Waals surface area (Å²) in [7, 11) is 0. The predicted octanol–water partition coefficient (Wildman–Crippen LogP) is 1.66. The van der Waals surface area contributed by atoms with E-state index in [1.165, 1.54) is 22.2 Å². The lowest BCUT2D eigenvalue weighted by atomic mass is 10.2. The predicted molar refractivity (Wildman–Crippen MR) is 124 cm³/mol. The highest BCUT2D eigenvalue weighted by atomic mass is 79.9. The molecule has 0 aliphatic carbocycles. The minimum atomic E-state index is -0.410. The van der Waals surface area contributed by atoms with Gasteiger partial charge in [0.15, 0.2) is 12.4 Å². The first-order valence-corrected chi connectivity index (χ1v) is 11.1. The van der Waals surface area contributed by atoms with Crippen molar-refractivity contribution in [2.45, 2.75) is 0 Å². The number of pyridine rings is 1. The molecule has 0 saturated heterocycles. The molecule has 4 heterocycles. The van der Waals surface area contributed by atoms with Gasteiger partial charge in [-0.15, -0.1) is 5.10 Å². The summed E-state index contributed by atoms with van der Waals surface area (Å²) >= 11 is 4.64. The molecule has 1 aromatic carbocycles. The van der Waals surface area contributed by atoms with Crippen LogP contribution in [0.3, 0.4) is 0 Å². The number of fused-ring (bicyclic) bond motifs is 1. The van der Waals surface area contributed by atoms with Crippen LogP contribution in [0.4, 0.5) is 5.95 Å². The van der Waals surface area contributed by atoms with Crippen LogP contribution < -0.4 is 20.1 Å². The molecular formula is C20H13BrN8O3S. The molecule has 0 unspecified atom stereocenters. The maximum atomic E-state index is 12.9. The Kier molecular flexibility index (Phi) is 5.62. The van der Waals surface area contributed by atoms with E-state index >= 15 is 0 Å². The standard InChI is InChI=1S/C20H13BrN8O3S/c21-13-1-2-14(32-9-16(30)25-19-23-10-24-27-19)12(7-13)8-15-18(31)29-20(33-15)26-17(28-29)11-3-5-22-6-4-11/h1-8,10H,9H2,(H2,23,24,25,27,30)/b15-8-. The second-order valence-electron chi connectivity index (χ2n) is 6.63. The maximum absolute atomic E-state index is 12.9. The number of hydrogen-bond acceptors (Lipinski definition) is 9. The fourth-order valence-electron chi connectivity index (χ4n) is 2.94. The highest BCUT2D eigenvalue weighted by molar-refractivity contribution is 9.10. The Morgan fingerprint density at radius 1 is 1.27 bits per heavy atom. The molecule has 0 fully saturated rings. The lowest BCUT2D eigenvalue weighted by Gasteiger charge is -2.09. The maximum Gasteiger partial charge on any atom is 0.291 e. The molecule has 0 radical (unpaired) electrons. The highest BCUT2D eigenvalue weighted by Crippen LogP contribution is 2.24. The summed E-state index contributed by atoms with van der Waals surface area (Å²) in [5.74, 6) is 0.702. The lowest BCUT2D eigenvalue weighted by molar-refractivity contribution is -0.118. The second kappa shape index (κ2) is 8.88. The van der Waals surface area contributed by atoms with Crippen LogP contribution in [0.1, 0.15) is 5.56 Å². The fourth-order valence-corrected chi connectivity index (χ4v) is 4.22. The second-order valence-corrected chi connectivity index (χ2v) is 8.56. The number of nitrogens with zero attached hydrogens (tertiary/aromatic N) is 6. The van der Waals surface area contributed by atoms with Crippen molar-refractivity contribution in [1.29, 1.82) is 0 Å². The number of halogens is 1. The molecule has 2 N–H and O–H groups in total. The van der Waals surface area contributed by atoms with Gasteiger partial charge in [-0.1, -0.05) is 27.3 Å². The summed E-state index contributed by atoms with van der Waals surface area (Å²) in [5, 5.41) is 13.1. The third-order valence-electron chi connectivity index (χ3n) is 4.41. The number of ether oxygens (including phenoxy) is 1.